The molecular formula is C8H10ClNS. The van der Waals surface area contributed by atoms with Crippen LogP contribution in [0.5, 0.6) is 0 Å². The average molecular weight is 188 g/mol. The lowest BCUT2D eigenvalue weighted by Gasteiger charge is -2.05. The van der Waals surface area contributed by atoms with E-state index >= 15 is 0 Å². The number of anilines is 1. The van der Waals surface area contributed by atoms with E-state index in [0.717, 1.165) is 10.7 Å². The van der Waals surface area contributed by atoms with Crippen LogP contribution in [-0.4, -0.2) is 13.3 Å². The predicted molar refractivity (Wildman–Crippen MR) is 52.8 cm³/mol. The van der Waals surface area contributed by atoms with Crippen LogP contribution in [0.3, 0.4) is 0 Å². The molecule has 1 aromatic carbocycles. The highest BCUT2D eigenvalue weighted by Gasteiger charge is 1.98. The largest absolute Gasteiger partial charge is 0.387 e. The van der Waals surface area contributed by atoms with E-state index in [1.807, 2.05) is 31.5 Å². The van der Waals surface area contributed by atoms with Crippen molar-refractivity contribution in [1.29, 1.82) is 0 Å². The van der Waals surface area contributed by atoms with Gasteiger partial charge in [-0.3, -0.25) is 0 Å². The van der Waals surface area contributed by atoms with E-state index in [0.29, 0.717) is 0 Å². The highest BCUT2D eigenvalue weighted by Crippen LogP contribution is 2.27. The van der Waals surface area contributed by atoms with Crippen molar-refractivity contribution in [2.45, 2.75) is 4.90 Å². The lowest BCUT2D eigenvalue weighted by atomic mass is 10.3. The van der Waals surface area contributed by atoms with Crippen LogP contribution in [-0.2, 0) is 0 Å². The SMILES string of the molecule is CNc1cc(Cl)ccc1SC. The van der Waals surface area contributed by atoms with Crippen LogP contribution in [0.25, 0.3) is 0 Å². The second kappa shape index (κ2) is 3.88. The summed E-state index contributed by atoms with van der Waals surface area (Å²) >= 11 is 7.51. The molecule has 0 bridgehead atoms. The molecule has 0 atom stereocenters. The van der Waals surface area contributed by atoms with Gasteiger partial charge in [0.05, 0.1) is 0 Å². The molecule has 1 aromatic rings. The van der Waals surface area contributed by atoms with Crippen LogP contribution in [0.2, 0.25) is 5.02 Å². The Labute approximate surface area is 76.1 Å². The van der Waals surface area contributed by atoms with Crippen molar-refractivity contribution in [2.24, 2.45) is 0 Å². The standard InChI is InChI=1S/C8H10ClNS/c1-10-7-5-6(9)3-4-8(7)11-2/h3-5,10H,1-2H3. The Hall–Kier alpha value is -0.340. The molecule has 0 aliphatic rings. The monoisotopic (exact) mass is 187 g/mol. The summed E-state index contributed by atoms with van der Waals surface area (Å²) in [4.78, 5) is 1.22. The third-order valence-corrected chi connectivity index (χ3v) is 2.46. The van der Waals surface area contributed by atoms with Crippen molar-refractivity contribution in [1.82, 2.24) is 0 Å². The Kier molecular flexibility index (Phi) is 3.09. The number of thioether (sulfide) groups is 1. The molecule has 0 amide bonds. The quantitative estimate of drug-likeness (QED) is 0.715. The van der Waals surface area contributed by atoms with Crippen molar-refractivity contribution >= 4 is 29.1 Å². The number of rotatable bonds is 2. The van der Waals surface area contributed by atoms with Crippen molar-refractivity contribution in [3.05, 3.63) is 23.2 Å². The van der Waals surface area contributed by atoms with Crippen LogP contribution >= 0.6 is 23.4 Å². The topological polar surface area (TPSA) is 12.0 Å². The maximum atomic E-state index is 5.80. The van der Waals surface area contributed by atoms with Gasteiger partial charge >= 0.3 is 0 Å². The van der Waals surface area contributed by atoms with Crippen LogP contribution in [0, 0.1) is 0 Å². The molecular weight excluding hydrogens is 178 g/mol. The van der Waals surface area contributed by atoms with E-state index < -0.39 is 0 Å². The van der Waals surface area contributed by atoms with Crippen molar-refractivity contribution < 1.29 is 0 Å². The number of hydrogen-bond donors (Lipinski definition) is 1. The fraction of sp³-hybridized carbons (Fsp3) is 0.250. The van der Waals surface area contributed by atoms with E-state index in [-0.39, 0.29) is 0 Å². The van der Waals surface area contributed by atoms with Crippen molar-refractivity contribution in [2.75, 3.05) is 18.6 Å². The van der Waals surface area contributed by atoms with Crippen LogP contribution in [0.1, 0.15) is 0 Å². The van der Waals surface area contributed by atoms with Gasteiger partial charge in [0.1, 0.15) is 0 Å². The third kappa shape index (κ3) is 2.04. The molecule has 0 saturated heterocycles. The molecule has 3 heteroatoms. The van der Waals surface area contributed by atoms with Gasteiger partial charge in [-0.2, -0.15) is 0 Å². The summed E-state index contributed by atoms with van der Waals surface area (Å²) in [5.41, 5.74) is 1.09. The molecule has 0 radical (unpaired) electrons. The van der Waals surface area contributed by atoms with Crippen LogP contribution in [0.4, 0.5) is 5.69 Å². The molecule has 1 nitrogen and oxygen atoms in total. The first-order chi connectivity index (χ1) is 5.27. The average Bonchev–Trinajstić information content (AvgIpc) is 2.04. The van der Waals surface area contributed by atoms with Gasteiger partial charge in [0.25, 0.3) is 0 Å². The smallest absolute Gasteiger partial charge is 0.0490 e. The van der Waals surface area contributed by atoms with E-state index in [4.69, 9.17) is 11.6 Å². The summed E-state index contributed by atoms with van der Waals surface area (Å²) in [6, 6.07) is 5.83. The zero-order chi connectivity index (χ0) is 8.27. The Morgan fingerprint density at radius 2 is 2.18 bits per heavy atom. The number of benzene rings is 1. The molecule has 1 N–H and O–H groups in total. The highest BCUT2D eigenvalue weighted by molar-refractivity contribution is 7.98. The molecule has 0 heterocycles. The molecule has 0 saturated carbocycles. The van der Waals surface area contributed by atoms with Crippen LogP contribution < -0.4 is 5.32 Å². The predicted octanol–water partition coefficient (Wildman–Crippen LogP) is 3.10. The second-order valence-corrected chi connectivity index (χ2v) is 3.38. The fourth-order valence-electron chi connectivity index (χ4n) is 0.876. The first-order valence-corrected chi connectivity index (χ1v) is 4.89. The summed E-state index contributed by atoms with van der Waals surface area (Å²) in [6.07, 6.45) is 2.05. The molecule has 11 heavy (non-hydrogen) atoms. The molecule has 60 valence electrons. The van der Waals surface area contributed by atoms with E-state index in [9.17, 15) is 0 Å². The van der Waals surface area contributed by atoms with Gasteiger partial charge in [0.2, 0.25) is 0 Å². The fourth-order valence-corrected chi connectivity index (χ4v) is 1.63. The summed E-state index contributed by atoms with van der Waals surface area (Å²) in [7, 11) is 1.89. The zero-order valence-corrected chi connectivity index (χ0v) is 8.09. The van der Waals surface area contributed by atoms with E-state index in [1.54, 1.807) is 11.8 Å². The zero-order valence-electron chi connectivity index (χ0n) is 6.52. The van der Waals surface area contributed by atoms with Gasteiger partial charge < -0.3 is 5.32 Å². The van der Waals surface area contributed by atoms with Crippen molar-refractivity contribution in [3.63, 3.8) is 0 Å². The molecule has 1 rings (SSSR count). The molecule has 0 fully saturated rings. The normalized spacial score (nSPS) is 9.73. The molecule has 0 unspecified atom stereocenters. The minimum Gasteiger partial charge on any atom is -0.387 e. The summed E-state index contributed by atoms with van der Waals surface area (Å²) in [6.45, 7) is 0. The van der Waals surface area contributed by atoms with Crippen LogP contribution in [0.15, 0.2) is 23.1 Å². The Bertz CT molecular complexity index is 250. The lowest BCUT2D eigenvalue weighted by Crippen LogP contribution is -1.89. The number of halogens is 1. The molecule has 0 aromatic heterocycles. The number of hydrogen-bond acceptors (Lipinski definition) is 2. The molecule has 0 spiro atoms. The van der Waals surface area contributed by atoms with Crippen molar-refractivity contribution in [3.8, 4) is 0 Å². The van der Waals surface area contributed by atoms with Gasteiger partial charge in [-0.1, -0.05) is 11.6 Å². The van der Waals surface area contributed by atoms with E-state index in [2.05, 4.69) is 5.32 Å². The van der Waals surface area contributed by atoms with Gasteiger partial charge in [0.15, 0.2) is 0 Å². The van der Waals surface area contributed by atoms with Gasteiger partial charge in [-0.25, -0.2) is 0 Å². The maximum Gasteiger partial charge on any atom is 0.0490 e. The summed E-state index contributed by atoms with van der Waals surface area (Å²) in [5.74, 6) is 0. The van der Waals surface area contributed by atoms with Gasteiger partial charge in [0, 0.05) is 22.7 Å². The minimum atomic E-state index is 0.771. The Morgan fingerprint density at radius 1 is 1.45 bits per heavy atom. The summed E-state index contributed by atoms with van der Waals surface area (Å²) in [5, 5.41) is 3.85. The first-order valence-electron chi connectivity index (χ1n) is 3.29. The third-order valence-electron chi connectivity index (χ3n) is 1.43. The Balaban J connectivity index is 3.06. The molecule has 0 aliphatic heterocycles. The number of nitrogens with one attached hydrogen (secondary N) is 1. The van der Waals surface area contributed by atoms with Gasteiger partial charge in [-0.15, -0.1) is 11.8 Å². The maximum absolute atomic E-state index is 5.80. The minimum absolute atomic E-state index is 0.771. The Morgan fingerprint density at radius 3 is 2.73 bits per heavy atom. The van der Waals surface area contributed by atoms with E-state index in [1.165, 1.54) is 4.90 Å². The summed E-state index contributed by atoms with van der Waals surface area (Å²) < 4.78 is 0. The first kappa shape index (κ1) is 8.75. The highest BCUT2D eigenvalue weighted by atomic mass is 35.5. The second-order valence-electron chi connectivity index (χ2n) is 2.09. The molecule has 0 aliphatic carbocycles. The lowest BCUT2D eigenvalue weighted by molar-refractivity contribution is 1.39. The van der Waals surface area contributed by atoms with Gasteiger partial charge in [-0.05, 0) is 24.5 Å².